The van der Waals surface area contributed by atoms with Crippen LogP contribution in [0.4, 0.5) is 0 Å². The molecule has 0 aliphatic carbocycles. The van der Waals surface area contributed by atoms with Crippen molar-refractivity contribution in [2.75, 3.05) is 14.2 Å². The first-order valence-corrected chi connectivity index (χ1v) is 7.59. The molecule has 0 heterocycles. The van der Waals surface area contributed by atoms with E-state index >= 15 is 0 Å². The van der Waals surface area contributed by atoms with Crippen molar-refractivity contribution in [2.24, 2.45) is 0 Å². The summed E-state index contributed by atoms with van der Waals surface area (Å²) in [6.45, 7) is 0. The van der Waals surface area contributed by atoms with Crippen LogP contribution in [0.1, 0.15) is 26.3 Å². The number of aromatic carboxylic acids is 1. The monoisotopic (exact) mass is 336 g/mol. The van der Waals surface area contributed by atoms with Crippen molar-refractivity contribution in [1.29, 1.82) is 0 Å². The van der Waals surface area contributed by atoms with Gasteiger partial charge in [-0.05, 0) is 24.3 Å². The Balaban J connectivity index is 2.30. The van der Waals surface area contributed by atoms with Crippen LogP contribution in [-0.2, 0) is 0 Å². The van der Waals surface area contributed by atoms with Gasteiger partial charge >= 0.3 is 5.97 Å². The molecule has 126 valence electrons. The predicted molar refractivity (Wildman–Crippen MR) is 93.9 cm³/mol. The molecule has 0 atom stereocenters. The van der Waals surface area contributed by atoms with Gasteiger partial charge in [-0.1, -0.05) is 30.3 Å². The van der Waals surface area contributed by atoms with Gasteiger partial charge in [-0.25, -0.2) is 4.79 Å². The van der Waals surface area contributed by atoms with Crippen LogP contribution in [0.2, 0.25) is 0 Å². The maximum absolute atomic E-state index is 12.8. The lowest BCUT2D eigenvalue weighted by molar-refractivity contribution is 0.0695. The van der Waals surface area contributed by atoms with Crippen molar-refractivity contribution in [1.82, 2.24) is 0 Å². The molecule has 0 saturated heterocycles. The van der Waals surface area contributed by atoms with Crippen LogP contribution in [0.15, 0.2) is 54.6 Å². The summed E-state index contributed by atoms with van der Waals surface area (Å²) in [6.07, 6.45) is 0. The molecule has 0 unspecified atom stereocenters. The number of benzene rings is 3. The third-order valence-electron chi connectivity index (χ3n) is 4.03. The van der Waals surface area contributed by atoms with Crippen LogP contribution in [0, 0.1) is 0 Å². The van der Waals surface area contributed by atoms with Gasteiger partial charge in [0.1, 0.15) is 0 Å². The fourth-order valence-electron chi connectivity index (χ4n) is 2.89. The molecule has 0 aromatic heterocycles. The lowest BCUT2D eigenvalue weighted by Gasteiger charge is -2.14. The molecule has 5 nitrogen and oxygen atoms in total. The number of hydrogen-bond acceptors (Lipinski definition) is 4. The fourth-order valence-corrected chi connectivity index (χ4v) is 2.89. The number of methoxy groups -OCH3 is 2. The molecule has 0 saturated carbocycles. The lowest BCUT2D eigenvalue weighted by Crippen LogP contribution is -2.10. The Morgan fingerprint density at radius 1 is 0.840 bits per heavy atom. The maximum Gasteiger partial charge on any atom is 0.337 e. The highest BCUT2D eigenvalue weighted by Gasteiger charge is 2.23. The molecule has 0 bridgehead atoms. The highest BCUT2D eigenvalue weighted by molar-refractivity contribution is 6.19. The summed E-state index contributed by atoms with van der Waals surface area (Å²) >= 11 is 0. The van der Waals surface area contributed by atoms with Gasteiger partial charge in [0, 0.05) is 21.9 Å². The van der Waals surface area contributed by atoms with Crippen LogP contribution in [0.5, 0.6) is 11.5 Å². The standard InChI is InChI=1S/C20H16O5/c1-24-16-11-10-13-14(19(16)25-2)8-9-15(17(13)20(22)23)18(21)12-6-4-3-5-7-12/h3-11H,1-2H3,(H,22,23). The number of rotatable bonds is 5. The van der Waals surface area contributed by atoms with Crippen molar-refractivity contribution in [3.05, 3.63) is 71.3 Å². The molecule has 0 aliphatic rings. The highest BCUT2D eigenvalue weighted by atomic mass is 16.5. The number of hydrogen-bond donors (Lipinski definition) is 1. The van der Waals surface area contributed by atoms with E-state index in [1.807, 2.05) is 0 Å². The Bertz CT molecular complexity index is 961. The molecule has 0 fully saturated rings. The third-order valence-corrected chi connectivity index (χ3v) is 4.03. The summed E-state index contributed by atoms with van der Waals surface area (Å²) in [5, 5.41) is 10.7. The average molecular weight is 336 g/mol. The van der Waals surface area contributed by atoms with Gasteiger partial charge in [0.2, 0.25) is 0 Å². The van der Waals surface area contributed by atoms with E-state index in [1.165, 1.54) is 20.3 Å². The van der Waals surface area contributed by atoms with E-state index in [2.05, 4.69) is 0 Å². The second-order valence-electron chi connectivity index (χ2n) is 5.38. The highest BCUT2D eigenvalue weighted by Crippen LogP contribution is 2.38. The van der Waals surface area contributed by atoms with Gasteiger partial charge in [0.25, 0.3) is 0 Å². The molecule has 3 aromatic rings. The van der Waals surface area contributed by atoms with Gasteiger partial charge in [-0.3, -0.25) is 4.79 Å². The van der Waals surface area contributed by atoms with Crippen LogP contribution >= 0.6 is 0 Å². The number of carboxylic acids is 1. The molecule has 5 heteroatoms. The molecule has 0 amide bonds. The molecular weight excluding hydrogens is 320 g/mol. The van der Waals surface area contributed by atoms with E-state index in [-0.39, 0.29) is 16.9 Å². The minimum absolute atomic E-state index is 0.0488. The van der Waals surface area contributed by atoms with Crippen molar-refractivity contribution < 1.29 is 24.2 Å². The molecular formula is C20H16O5. The third kappa shape index (κ3) is 2.80. The number of ketones is 1. The Morgan fingerprint density at radius 2 is 1.52 bits per heavy atom. The number of carboxylic acid groups (broad SMARTS) is 1. The average Bonchev–Trinajstić information content (AvgIpc) is 2.65. The molecule has 0 spiro atoms. The number of carbonyl (C=O) groups excluding carboxylic acids is 1. The topological polar surface area (TPSA) is 72.8 Å². The van der Waals surface area contributed by atoms with E-state index in [1.54, 1.807) is 48.5 Å². The zero-order valence-corrected chi connectivity index (χ0v) is 13.8. The van der Waals surface area contributed by atoms with E-state index in [0.717, 1.165) is 0 Å². The van der Waals surface area contributed by atoms with Crippen molar-refractivity contribution >= 4 is 22.5 Å². The van der Waals surface area contributed by atoms with Gasteiger partial charge in [-0.15, -0.1) is 0 Å². The summed E-state index contributed by atoms with van der Waals surface area (Å²) in [6, 6.07) is 15.0. The Morgan fingerprint density at radius 3 is 2.12 bits per heavy atom. The fraction of sp³-hybridized carbons (Fsp3) is 0.100. The van der Waals surface area contributed by atoms with Crippen molar-refractivity contribution in [3.8, 4) is 11.5 Å². The minimum Gasteiger partial charge on any atom is -0.493 e. The van der Waals surface area contributed by atoms with E-state index in [0.29, 0.717) is 27.8 Å². The molecule has 25 heavy (non-hydrogen) atoms. The maximum atomic E-state index is 12.8. The summed E-state index contributed by atoms with van der Waals surface area (Å²) in [7, 11) is 3.00. The van der Waals surface area contributed by atoms with Gasteiger partial charge < -0.3 is 14.6 Å². The van der Waals surface area contributed by atoms with Gasteiger partial charge in [0.05, 0.1) is 19.8 Å². The summed E-state index contributed by atoms with van der Waals surface area (Å²) < 4.78 is 10.6. The Labute approximate surface area is 144 Å². The van der Waals surface area contributed by atoms with Crippen LogP contribution in [-0.4, -0.2) is 31.1 Å². The normalized spacial score (nSPS) is 10.5. The number of fused-ring (bicyclic) bond motifs is 1. The Kier molecular flexibility index (Phi) is 4.39. The van der Waals surface area contributed by atoms with Gasteiger partial charge in [-0.2, -0.15) is 0 Å². The SMILES string of the molecule is COc1ccc2c(C(=O)O)c(C(=O)c3ccccc3)ccc2c1OC. The molecule has 0 radical (unpaired) electrons. The molecule has 0 aliphatic heterocycles. The summed E-state index contributed by atoms with van der Waals surface area (Å²) in [4.78, 5) is 24.7. The first-order chi connectivity index (χ1) is 12.1. The van der Waals surface area contributed by atoms with E-state index in [4.69, 9.17) is 9.47 Å². The second-order valence-corrected chi connectivity index (χ2v) is 5.38. The largest absolute Gasteiger partial charge is 0.493 e. The van der Waals surface area contributed by atoms with Crippen molar-refractivity contribution in [3.63, 3.8) is 0 Å². The second kappa shape index (κ2) is 6.65. The Hall–Kier alpha value is -3.34. The molecule has 3 aromatic carbocycles. The van der Waals surface area contributed by atoms with E-state index < -0.39 is 5.97 Å². The first-order valence-electron chi connectivity index (χ1n) is 7.59. The molecule has 3 rings (SSSR count). The lowest BCUT2D eigenvalue weighted by atomic mass is 9.93. The quantitative estimate of drug-likeness (QED) is 0.718. The van der Waals surface area contributed by atoms with Crippen molar-refractivity contribution in [2.45, 2.75) is 0 Å². The van der Waals surface area contributed by atoms with Gasteiger partial charge in [0.15, 0.2) is 17.3 Å². The van der Waals surface area contributed by atoms with Crippen LogP contribution < -0.4 is 9.47 Å². The summed E-state index contributed by atoms with van der Waals surface area (Å²) in [5.41, 5.74) is 0.524. The van der Waals surface area contributed by atoms with Crippen LogP contribution in [0.3, 0.4) is 0 Å². The predicted octanol–water partition coefficient (Wildman–Crippen LogP) is 3.79. The number of carbonyl (C=O) groups is 2. The molecule has 1 N–H and O–H groups in total. The minimum atomic E-state index is -1.17. The smallest absolute Gasteiger partial charge is 0.337 e. The zero-order valence-electron chi connectivity index (χ0n) is 13.8. The zero-order chi connectivity index (χ0) is 18.0. The summed E-state index contributed by atoms with van der Waals surface area (Å²) in [5.74, 6) is -0.582. The van der Waals surface area contributed by atoms with Crippen LogP contribution in [0.25, 0.3) is 10.8 Å². The first kappa shape index (κ1) is 16.5. The van der Waals surface area contributed by atoms with E-state index in [9.17, 15) is 14.7 Å². The number of ether oxygens (including phenoxy) is 2.